The second-order valence-corrected chi connectivity index (χ2v) is 22.5. The molecule has 5 bridgehead atoms. The van der Waals surface area contributed by atoms with Crippen molar-refractivity contribution in [2.45, 2.75) is 137 Å². The average molecular weight is 1030 g/mol. The van der Waals surface area contributed by atoms with Gasteiger partial charge in [-0.05, 0) is 74.8 Å². The lowest BCUT2D eigenvalue weighted by atomic mass is 9.79. The third-order valence-corrected chi connectivity index (χ3v) is 16.2. The van der Waals surface area contributed by atoms with E-state index in [2.05, 4.69) is 36.2 Å². The number of aromatic hydroxyl groups is 2. The lowest BCUT2D eigenvalue weighted by Gasteiger charge is -2.37. The topological polar surface area (TPSA) is 209 Å². The van der Waals surface area contributed by atoms with E-state index in [1.807, 2.05) is 52.0 Å². The van der Waals surface area contributed by atoms with Crippen LogP contribution in [-0.4, -0.2) is 118 Å². The molecule has 2 unspecified atom stereocenters. The van der Waals surface area contributed by atoms with Crippen molar-refractivity contribution in [3.05, 3.63) is 93.9 Å². The van der Waals surface area contributed by atoms with E-state index in [0.29, 0.717) is 62.9 Å². The number of amides is 2. The maximum absolute atomic E-state index is 15.0. The molecule has 16 nitrogen and oxygen atoms in total. The van der Waals surface area contributed by atoms with E-state index < -0.39 is 71.4 Å². The number of Topliss-reactive ketones (excluding diaryl/α,β-unsaturated/α-hetero) is 1. The van der Waals surface area contributed by atoms with Gasteiger partial charge < -0.3 is 49.4 Å². The second kappa shape index (κ2) is 22.6. The molecule has 2 fully saturated rings. The summed E-state index contributed by atoms with van der Waals surface area (Å²) in [6.45, 7) is 20.0. The van der Waals surface area contributed by atoms with Crippen molar-refractivity contribution in [2.75, 3.05) is 45.2 Å². The quantitative estimate of drug-likeness (QED) is 0.0976. The van der Waals surface area contributed by atoms with Crippen LogP contribution in [0.1, 0.15) is 115 Å². The van der Waals surface area contributed by atoms with Crippen LogP contribution in [0.15, 0.2) is 76.5 Å². The van der Waals surface area contributed by atoms with Gasteiger partial charge in [-0.3, -0.25) is 29.2 Å². The largest absolute Gasteiger partial charge is 0.507 e. The fourth-order valence-corrected chi connectivity index (χ4v) is 11.8. The molecule has 75 heavy (non-hydrogen) atoms. The first kappa shape index (κ1) is 55.1. The minimum atomic E-state index is -1.99. The molecular formula is C59H77N5O11. The molecular weight excluding hydrogens is 955 g/mol. The van der Waals surface area contributed by atoms with Crippen molar-refractivity contribution < 1.29 is 53.4 Å². The Morgan fingerprint density at radius 2 is 1.60 bits per heavy atom. The summed E-state index contributed by atoms with van der Waals surface area (Å²) in [7, 11) is 1.49. The molecule has 8 atom stereocenters. The fraction of sp³-hybridized carbons (Fsp3) is 0.559. The van der Waals surface area contributed by atoms with E-state index in [4.69, 9.17) is 28.9 Å². The van der Waals surface area contributed by atoms with Crippen molar-refractivity contribution in [2.24, 2.45) is 45.5 Å². The Morgan fingerprint density at radius 1 is 0.920 bits per heavy atom. The van der Waals surface area contributed by atoms with E-state index in [-0.39, 0.29) is 67.5 Å². The fourth-order valence-electron chi connectivity index (χ4n) is 11.8. The highest BCUT2D eigenvalue weighted by molar-refractivity contribution is 6.19. The van der Waals surface area contributed by atoms with Gasteiger partial charge in [0.1, 0.15) is 35.1 Å². The number of anilines is 1. The summed E-state index contributed by atoms with van der Waals surface area (Å²) in [4.78, 5) is 71.1. The molecule has 6 aliphatic rings. The second-order valence-electron chi connectivity index (χ2n) is 22.5. The number of hydrogen-bond donors (Lipinski definition) is 4. The number of phenols is 2. The van der Waals surface area contributed by atoms with Crippen LogP contribution in [-0.2, 0) is 35.0 Å². The van der Waals surface area contributed by atoms with Gasteiger partial charge in [-0.1, -0.05) is 90.1 Å². The number of piperidine rings is 2. The molecule has 1 spiro atoms. The molecule has 404 valence electrons. The minimum Gasteiger partial charge on any atom is -0.507 e. The molecule has 2 saturated heterocycles. The lowest BCUT2D eigenvalue weighted by molar-refractivity contribution is -0.164. The van der Waals surface area contributed by atoms with Crippen LogP contribution in [0.5, 0.6) is 17.2 Å². The lowest BCUT2D eigenvalue weighted by Crippen LogP contribution is -2.45. The molecule has 9 rings (SSSR count). The highest BCUT2D eigenvalue weighted by Crippen LogP contribution is 2.50. The number of nitrogens with zero attached hydrogens (tertiary/aromatic N) is 4. The maximum Gasteiger partial charge on any atom is 0.315 e. The SMILES string of the molecule is CO[C@H]1/C=C/O[C@@]2(C)Oc3c(C)c(O)c4c(O)c(c5c(c4c3C2=O)=NC2(CCN(CC(C)C)CC2)N=5)NC(=O)/C(C)=C\C=C\C(C)C[C@@H](C)[C@@H](O)[C@@H](C)C(OC(=O)CC(=O)N2CCC(Cc3ccccc3)CC2)[C@@H]1C. The zero-order valence-electron chi connectivity index (χ0n) is 45.4. The molecule has 16 heteroatoms. The Morgan fingerprint density at radius 3 is 2.27 bits per heavy atom. The number of nitrogens with one attached hydrogen (secondary N) is 1. The summed E-state index contributed by atoms with van der Waals surface area (Å²) < 4.78 is 24.9. The number of rotatable bonds is 8. The standard InChI is InChI=1S/C59H77N5O11/c1-33(2)32-63-26-22-59(23-27-63)61-48-45-46-52(68)39(8)55-47(45)56(70)58(9,75-55)73-28-21-42(72-10)37(6)54(74-44(66)31-43(65)64-24-19-41(20-25-64)30-40-17-12-11-13-18-40)38(7)51(67)36(5)29-34(3)15-14-16-35(4)57(71)60-50(53(46)69)49(48)62-59/h11-18,21,28,33-34,36-38,41-42,51,54,67-69H,19-20,22-27,29-32H2,1-10H3,(H,60,71)/b15-14+,28-21+,35-16-/t34?,36-,37-,38-,42+,51-,54?,58+/m1/s1. The predicted molar refractivity (Wildman–Crippen MR) is 285 cm³/mol. The summed E-state index contributed by atoms with van der Waals surface area (Å²) >= 11 is 0. The average Bonchev–Trinajstić information content (AvgIpc) is 3.88. The Bertz CT molecular complexity index is 2880. The van der Waals surface area contributed by atoms with Gasteiger partial charge in [-0.15, -0.1) is 0 Å². The van der Waals surface area contributed by atoms with Gasteiger partial charge >= 0.3 is 11.8 Å². The van der Waals surface area contributed by atoms with Crippen LogP contribution >= 0.6 is 0 Å². The smallest absolute Gasteiger partial charge is 0.315 e. The maximum atomic E-state index is 15.0. The van der Waals surface area contributed by atoms with Crippen LogP contribution in [0, 0.1) is 42.4 Å². The summed E-state index contributed by atoms with van der Waals surface area (Å²) in [5.41, 5.74) is 0.772. The Balaban J connectivity index is 1.12. The number of aliphatic hydroxyl groups is 1. The van der Waals surface area contributed by atoms with E-state index in [1.54, 1.807) is 37.0 Å². The Labute approximate surface area is 440 Å². The number of aliphatic hydroxyl groups excluding tert-OH is 1. The number of carbonyl (C=O) groups is 4. The third-order valence-electron chi connectivity index (χ3n) is 16.2. The summed E-state index contributed by atoms with van der Waals surface area (Å²) in [6.07, 6.45) is 9.29. The van der Waals surface area contributed by atoms with Crippen molar-refractivity contribution in [3.8, 4) is 17.2 Å². The van der Waals surface area contributed by atoms with Crippen LogP contribution < -0.4 is 20.8 Å². The van der Waals surface area contributed by atoms with Crippen molar-refractivity contribution in [3.63, 3.8) is 0 Å². The first-order valence-corrected chi connectivity index (χ1v) is 26.9. The number of likely N-dealkylation sites (tertiary alicyclic amines) is 2. The van der Waals surface area contributed by atoms with E-state index in [9.17, 15) is 34.5 Å². The Hall–Kier alpha value is -6.10. The number of allylic oxidation sites excluding steroid dienone is 3. The van der Waals surface area contributed by atoms with Gasteiger partial charge in [0.25, 0.3) is 11.7 Å². The normalized spacial score (nSPS) is 29.2. The number of fused-ring (bicyclic) bond motifs is 13. The van der Waals surface area contributed by atoms with Gasteiger partial charge in [0, 0.05) is 88.0 Å². The number of esters is 1. The number of ether oxygens (including phenoxy) is 4. The van der Waals surface area contributed by atoms with Gasteiger partial charge in [0.2, 0.25) is 5.91 Å². The number of phenolic OH excluding ortho intramolecular Hbond substituents is 2. The minimum absolute atomic E-state index is 0.0302. The van der Waals surface area contributed by atoms with Gasteiger partial charge in [0.05, 0.1) is 34.8 Å². The Kier molecular flexibility index (Phi) is 16.6. The first-order valence-electron chi connectivity index (χ1n) is 26.9. The predicted octanol–water partition coefficient (Wildman–Crippen LogP) is 7.63. The highest BCUT2D eigenvalue weighted by Gasteiger charge is 2.50. The summed E-state index contributed by atoms with van der Waals surface area (Å²) in [6, 6.07) is 10.3. The number of hydrogen-bond acceptors (Lipinski definition) is 14. The van der Waals surface area contributed by atoms with E-state index in [0.717, 1.165) is 25.8 Å². The number of methoxy groups -OCH3 is 1. The summed E-state index contributed by atoms with van der Waals surface area (Å²) in [5.74, 6) is -5.68. The van der Waals surface area contributed by atoms with Crippen molar-refractivity contribution >= 4 is 40.0 Å². The monoisotopic (exact) mass is 1030 g/mol. The van der Waals surface area contributed by atoms with Gasteiger partial charge in [-0.2, -0.15) is 0 Å². The molecule has 6 aliphatic heterocycles. The third kappa shape index (κ3) is 11.5. The highest BCUT2D eigenvalue weighted by atomic mass is 16.7. The molecule has 0 saturated carbocycles. The van der Waals surface area contributed by atoms with Crippen LogP contribution in [0.4, 0.5) is 5.69 Å². The van der Waals surface area contributed by atoms with Gasteiger partial charge in [0.15, 0.2) is 11.4 Å². The number of carbonyl (C=O) groups excluding carboxylic acids is 4. The zero-order valence-corrected chi connectivity index (χ0v) is 45.4. The van der Waals surface area contributed by atoms with Gasteiger partial charge in [-0.25, -0.2) is 0 Å². The zero-order chi connectivity index (χ0) is 54.1. The number of benzene rings is 3. The molecule has 0 aromatic heterocycles. The molecule has 0 aliphatic carbocycles. The molecule has 2 amide bonds. The first-order chi connectivity index (χ1) is 35.6. The molecule has 3 aromatic carbocycles. The van der Waals surface area contributed by atoms with Crippen molar-refractivity contribution in [1.29, 1.82) is 0 Å². The summed E-state index contributed by atoms with van der Waals surface area (Å²) in [5, 5.41) is 39.6. The molecule has 0 radical (unpaired) electrons. The van der Waals surface area contributed by atoms with E-state index >= 15 is 0 Å². The van der Waals surface area contributed by atoms with Crippen LogP contribution in [0.2, 0.25) is 0 Å². The molecule has 4 N–H and O–H groups in total. The molecule has 6 heterocycles. The number of ketones is 1. The molecule has 3 aromatic rings. The van der Waals surface area contributed by atoms with Crippen molar-refractivity contribution in [1.82, 2.24) is 9.80 Å². The van der Waals surface area contributed by atoms with E-state index in [1.165, 1.54) is 25.9 Å². The van der Waals surface area contributed by atoms with Crippen LogP contribution in [0.3, 0.4) is 0 Å². The van der Waals surface area contributed by atoms with Crippen LogP contribution in [0.25, 0.3) is 10.8 Å².